The summed E-state index contributed by atoms with van der Waals surface area (Å²) in [6.45, 7) is 1.87. The molecule has 8 heteroatoms. The highest BCUT2D eigenvalue weighted by Gasteiger charge is 2.24. The first-order valence-electron chi connectivity index (χ1n) is 8.30. The topological polar surface area (TPSA) is 101 Å². The molecule has 0 spiro atoms. The lowest BCUT2D eigenvalue weighted by Crippen LogP contribution is -2.37. The van der Waals surface area contributed by atoms with Crippen LogP contribution in [-0.2, 0) is 11.2 Å². The first-order chi connectivity index (χ1) is 12.5. The van der Waals surface area contributed by atoms with E-state index in [1.807, 2.05) is 17.5 Å². The van der Waals surface area contributed by atoms with E-state index >= 15 is 0 Å². The van der Waals surface area contributed by atoms with Crippen molar-refractivity contribution in [3.63, 3.8) is 0 Å². The normalized spacial score (nSPS) is 14.9. The minimum atomic E-state index is -0.650. The molecule has 2 heterocycles. The van der Waals surface area contributed by atoms with E-state index in [-0.39, 0.29) is 17.4 Å². The predicted molar refractivity (Wildman–Crippen MR) is 96.6 cm³/mol. The van der Waals surface area contributed by atoms with Crippen LogP contribution in [-0.4, -0.2) is 63.1 Å². The Morgan fingerprint density at radius 3 is 2.31 bits per heavy atom. The van der Waals surface area contributed by atoms with Gasteiger partial charge in [-0.15, -0.1) is 11.3 Å². The standard InChI is InChI=1S/C18H20N2O5S/c21-14-9-12(10-15(22)17(14)24)18(25)20-5-2-4-19(6-7-20)16(23)11-13-3-1-8-26-13/h1,3,8-10,21-22,24H,2,4-7,11H2. The van der Waals surface area contributed by atoms with Crippen molar-refractivity contribution in [1.29, 1.82) is 0 Å². The van der Waals surface area contributed by atoms with Gasteiger partial charge >= 0.3 is 0 Å². The Labute approximate surface area is 154 Å². The number of amides is 2. The summed E-state index contributed by atoms with van der Waals surface area (Å²) in [6.07, 6.45) is 1.02. The zero-order chi connectivity index (χ0) is 18.7. The third-order valence-electron chi connectivity index (χ3n) is 4.36. The van der Waals surface area contributed by atoms with Crippen LogP contribution < -0.4 is 0 Å². The lowest BCUT2D eigenvalue weighted by molar-refractivity contribution is -0.130. The van der Waals surface area contributed by atoms with E-state index < -0.39 is 17.2 Å². The van der Waals surface area contributed by atoms with Crippen LogP contribution in [0.2, 0.25) is 0 Å². The number of hydrogen-bond acceptors (Lipinski definition) is 6. The highest BCUT2D eigenvalue weighted by molar-refractivity contribution is 7.10. The molecule has 1 fully saturated rings. The van der Waals surface area contributed by atoms with Crippen LogP contribution in [0.4, 0.5) is 0 Å². The maximum absolute atomic E-state index is 12.6. The quantitative estimate of drug-likeness (QED) is 0.709. The van der Waals surface area contributed by atoms with E-state index in [2.05, 4.69) is 0 Å². The molecule has 0 aliphatic carbocycles. The number of phenolic OH excluding ortho intramolecular Hbond substituents is 3. The van der Waals surface area contributed by atoms with Gasteiger partial charge in [-0.3, -0.25) is 9.59 Å². The second-order valence-electron chi connectivity index (χ2n) is 6.15. The Hall–Kier alpha value is -2.74. The van der Waals surface area contributed by atoms with E-state index in [1.165, 1.54) is 0 Å². The number of thiophene rings is 1. The molecule has 1 saturated heterocycles. The first kappa shape index (κ1) is 18.1. The minimum absolute atomic E-state index is 0.0432. The molecular formula is C18H20N2O5S. The molecule has 0 saturated carbocycles. The fourth-order valence-corrected chi connectivity index (χ4v) is 3.65. The number of rotatable bonds is 3. The fourth-order valence-electron chi connectivity index (χ4n) is 2.95. The molecule has 0 unspecified atom stereocenters. The zero-order valence-electron chi connectivity index (χ0n) is 14.1. The summed E-state index contributed by atoms with van der Waals surface area (Å²) in [5, 5.41) is 30.5. The number of benzene rings is 1. The van der Waals surface area contributed by atoms with Gasteiger partial charge in [0.25, 0.3) is 5.91 Å². The molecule has 1 aliphatic heterocycles. The summed E-state index contributed by atoms with van der Waals surface area (Å²) in [6, 6.07) is 6.10. The van der Waals surface area contributed by atoms with Crippen molar-refractivity contribution >= 4 is 23.2 Å². The molecule has 7 nitrogen and oxygen atoms in total. The summed E-state index contributed by atoms with van der Waals surface area (Å²) < 4.78 is 0. The molecule has 3 rings (SSSR count). The van der Waals surface area contributed by atoms with Crippen molar-refractivity contribution in [2.24, 2.45) is 0 Å². The maximum Gasteiger partial charge on any atom is 0.254 e. The van der Waals surface area contributed by atoms with Gasteiger partial charge < -0.3 is 25.1 Å². The Balaban J connectivity index is 1.64. The van der Waals surface area contributed by atoms with Crippen molar-refractivity contribution in [3.05, 3.63) is 40.1 Å². The van der Waals surface area contributed by atoms with Gasteiger partial charge in [-0.05, 0) is 30.0 Å². The molecule has 2 amide bonds. The van der Waals surface area contributed by atoms with Crippen LogP contribution in [0, 0.1) is 0 Å². The zero-order valence-corrected chi connectivity index (χ0v) is 14.9. The molecular weight excluding hydrogens is 356 g/mol. The largest absolute Gasteiger partial charge is 0.504 e. The van der Waals surface area contributed by atoms with Crippen molar-refractivity contribution in [2.75, 3.05) is 26.2 Å². The van der Waals surface area contributed by atoms with Crippen molar-refractivity contribution in [2.45, 2.75) is 12.8 Å². The van der Waals surface area contributed by atoms with Gasteiger partial charge in [-0.1, -0.05) is 6.07 Å². The van der Waals surface area contributed by atoms with E-state index in [4.69, 9.17) is 0 Å². The lowest BCUT2D eigenvalue weighted by atomic mass is 10.1. The first-order valence-corrected chi connectivity index (χ1v) is 9.18. The van der Waals surface area contributed by atoms with Gasteiger partial charge in [0, 0.05) is 36.6 Å². The molecule has 1 aliphatic rings. The molecule has 2 aromatic rings. The number of phenols is 3. The van der Waals surface area contributed by atoms with Gasteiger partial charge in [0.2, 0.25) is 5.91 Å². The predicted octanol–water partition coefficient (Wildman–Crippen LogP) is 1.78. The second kappa shape index (κ2) is 7.65. The summed E-state index contributed by atoms with van der Waals surface area (Å²) in [7, 11) is 0. The summed E-state index contributed by atoms with van der Waals surface area (Å²) >= 11 is 1.55. The maximum atomic E-state index is 12.6. The second-order valence-corrected chi connectivity index (χ2v) is 7.18. The summed E-state index contributed by atoms with van der Waals surface area (Å²) in [4.78, 5) is 29.4. The minimum Gasteiger partial charge on any atom is -0.504 e. The lowest BCUT2D eigenvalue weighted by Gasteiger charge is -2.22. The number of nitrogens with zero attached hydrogens (tertiary/aromatic N) is 2. The van der Waals surface area contributed by atoms with Gasteiger partial charge in [-0.2, -0.15) is 0 Å². The Morgan fingerprint density at radius 2 is 1.65 bits per heavy atom. The molecule has 1 aromatic heterocycles. The van der Waals surface area contributed by atoms with Crippen LogP contribution in [0.25, 0.3) is 0 Å². The number of carbonyl (C=O) groups excluding carboxylic acids is 2. The smallest absolute Gasteiger partial charge is 0.254 e. The Bertz CT molecular complexity index is 783. The van der Waals surface area contributed by atoms with E-state index in [9.17, 15) is 24.9 Å². The Kier molecular flexibility index (Phi) is 5.32. The van der Waals surface area contributed by atoms with Gasteiger partial charge in [-0.25, -0.2) is 0 Å². The van der Waals surface area contributed by atoms with Crippen LogP contribution in [0.5, 0.6) is 17.2 Å². The van der Waals surface area contributed by atoms with Crippen LogP contribution in [0.3, 0.4) is 0 Å². The highest BCUT2D eigenvalue weighted by atomic mass is 32.1. The Morgan fingerprint density at radius 1 is 1.00 bits per heavy atom. The van der Waals surface area contributed by atoms with Gasteiger partial charge in [0.15, 0.2) is 17.2 Å². The van der Waals surface area contributed by atoms with Crippen molar-refractivity contribution in [1.82, 2.24) is 9.80 Å². The molecule has 0 bridgehead atoms. The van der Waals surface area contributed by atoms with E-state index in [0.717, 1.165) is 17.0 Å². The molecule has 0 atom stereocenters. The third kappa shape index (κ3) is 3.91. The fraction of sp³-hybridized carbons (Fsp3) is 0.333. The molecule has 0 radical (unpaired) electrons. The van der Waals surface area contributed by atoms with Gasteiger partial charge in [0.05, 0.1) is 6.42 Å². The number of hydrogen-bond donors (Lipinski definition) is 3. The molecule has 26 heavy (non-hydrogen) atoms. The number of aromatic hydroxyl groups is 3. The third-order valence-corrected chi connectivity index (χ3v) is 5.23. The van der Waals surface area contributed by atoms with Crippen LogP contribution in [0.1, 0.15) is 21.7 Å². The van der Waals surface area contributed by atoms with Crippen molar-refractivity contribution in [3.8, 4) is 17.2 Å². The highest BCUT2D eigenvalue weighted by Crippen LogP contribution is 2.35. The molecule has 3 N–H and O–H groups in total. The number of carbonyl (C=O) groups is 2. The molecule has 1 aromatic carbocycles. The summed E-state index contributed by atoms with van der Waals surface area (Å²) in [5.41, 5.74) is 0.0937. The van der Waals surface area contributed by atoms with E-state index in [0.29, 0.717) is 39.0 Å². The van der Waals surface area contributed by atoms with Gasteiger partial charge in [0.1, 0.15) is 0 Å². The van der Waals surface area contributed by atoms with Crippen LogP contribution >= 0.6 is 11.3 Å². The average Bonchev–Trinajstić information content (AvgIpc) is 2.99. The SMILES string of the molecule is O=C(Cc1cccs1)N1CCCN(C(=O)c2cc(O)c(O)c(O)c2)CC1. The van der Waals surface area contributed by atoms with Crippen LogP contribution in [0.15, 0.2) is 29.6 Å². The van der Waals surface area contributed by atoms with E-state index in [1.54, 1.807) is 21.1 Å². The molecule has 138 valence electrons. The van der Waals surface area contributed by atoms with Crippen molar-refractivity contribution < 1.29 is 24.9 Å². The average molecular weight is 376 g/mol. The monoisotopic (exact) mass is 376 g/mol. The summed E-state index contributed by atoms with van der Waals surface area (Å²) in [5.74, 6) is -2.06.